The highest BCUT2D eigenvalue weighted by atomic mass is 15.5. The van der Waals surface area contributed by atoms with Gasteiger partial charge in [0, 0.05) is 11.9 Å². The molecule has 0 fully saturated rings. The number of rotatable bonds is 5. The number of aromatic nitrogens is 4. The van der Waals surface area contributed by atoms with Crippen LogP contribution in [0.25, 0.3) is 5.57 Å². The maximum absolute atomic E-state index is 9.19. The maximum Gasteiger partial charge on any atom is 0.216 e. The Hall–Kier alpha value is -2.68. The van der Waals surface area contributed by atoms with E-state index in [1.54, 1.807) is 6.20 Å². The van der Waals surface area contributed by atoms with Crippen LogP contribution in [0.3, 0.4) is 0 Å². The molecule has 0 atom stereocenters. The lowest BCUT2D eigenvalue weighted by Gasteiger charge is -2.14. The number of H-pyrrole nitrogens is 1. The summed E-state index contributed by atoms with van der Waals surface area (Å²) in [6.07, 6.45) is 3.48. The van der Waals surface area contributed by atoms with E-state index < -0.39 is 0 Å². The largest absolute Gasteiger partial charge is 0.360 e. The van der Waals surface area contributed by atoms with E-state index in [1.165, 1.54) is 16.7 Å². The third-order valence-electron chi connectivity index (χ3n) is 3.28. The average molecular weight is 282 g/mol. The first-order valence-corrected chi connectivity index (χ1v) is 6.92. The summed E-state index contributed by atoms with van der Waals surface area (Å²) in [6.45, 7) is 6.33. The summed E-state index contributed by atoms with van der Waals surface area (Å²) in [5, 5.41) is 25.9. The summed E-state index contributed by atoms with van der Waals surface area (Å²) in [7, 11) is 0. The molecule has 0 bridgehead atoms. The Labute approximate surface area is 123 Å². The number of nitrogens with zero attached hydrogens (tertiary/aromatic N) is 4. The van der Waals surface area contributed by atoms with Crippen LogP contribution >= 0.6 is 0 Å². The second kappa shape index (κ2) is 6.66. The lowest BCUT2D eigenvalue weighted by molar-refractivity contribution is 0.881. The first kappa shape index (κ1) is 14.7. The van der Waals surface area contributed by atoms with Crippen molar-refractivity contribution in [1.82, 2.24) is 20.6 Å². The van der Waals surface area contributed by atoms with Crippen LogP contribution in [0.1, 0.15) is 36.4 Å². The van der Waals surface area contributed by atoms with Crippen molar-refractivity contribution >= 4 is 11.3 Å². The first-order valence-electron chi connectivity index (χ1n) is 6.92. The highest BCUT2D eigenvalue weighted by Gasteiger charge is 2.09. The Morgan fingerprint density at radius 3 is 2.48 bits per heavy atom. The molecule has 0 spiro atoms. The number of allylic oxidation sites excluding steroid dienone is 1. The molecule has 0 saturated heterocycles. The molecule has 0 radical (unpaired) electrons. The van der Waals surface area contributed by atoms with Gasteiger partial charge >= 0.3 is 0 Å². The van der Waals surface area contributed by atoms with Crippen LogP contribution in [-0.4, -0.2) is 20.6 Å². The number of aryl methyl sites for hydroxylation is 3. The third-order valence-corrected chi connectivity index (χ3v) is 3.28. The minimum absolute atomic E-state index is 0.285. The van der Waals surface area contributed by atoms with Gasteiger partial charge in [-0.2, -0.15) is 10.5 Å². The molecule has 6 nitrogen and oxygen atoms in total. The summed E-state index contributed by atoms with van der Waals surface area (Å²) in [5.41, 5.74) is 5.11. The number of nitriles is 1. The highest BCUT2D eigenvalue weighted by molar-refractivity contribution is 5.75. The fourth-order valence-electron chi connectivity index (χ4n) is 2.25. The molecule has 1 aromatic carbocycles. The summed E-state index contributed by atoms with van der Waals surface area (Å²) in [6, 6.07) is 6.40. The zero-order valence-corrected chi connectivity index (χ0v) is 12.4. The van der Waals surface area contributed by atoms with Gasteiger partial charge in [-0.15, -0.1) is 10.2 Å². The Balaban J connectivity index is 2.37. The highest BCUT2D eigenvalue weighted by Crippen LogP contribution is 2.25. The van der Waals surface area contributed by atoms with Crippen molar-refractivity contribution in [2.24, 2.45) is 0 Å². The van der Waals surface area contributed by atoms with Crippen molar-refractivity contribution < 1.29 is 0 Å². The molecule has 6 heteroatoms. The smallest absolute Gasteiger partial charge is 0.216 e. The van der Waals surface area contributed by atoms with Crippen molar-refractivity contribution in [3.8, 4) is 6.07 Å². The molecule has 0 aliphatic carbocycles. The van der Waals surface area contributed by atoms with Crippen LogP contribution in [0.5, 0.6) is 0 Å². The summed E-state index contributed by atoms with van der Waals surface area (Å²) < 4.78 is 0. The molecule has 108 valence electrons. The van der Waals surface area contributed by atoms with Gasteiger partial charge in [0.1, 0.15) is 11.6 Å². The van der Waals surface area contributed by atoms with Gasteiger partial charge in [0.15, 0.2) is 0 Å². The van der Waals surface area contributed by atoms with Gasteiger partial charge in [-0.05, 0) is 36.1 Å². The molecule has 2 aromatic rings. The van der Waals surface area contributed by atoms with E-state index >= 15 is 0 Å². The van der Waals surface area contributed by atoms with Gasteiger partial charge in [0.25, 0.3) is 0 Å². The van der Waals surface area contributed by atoms with Crippen LogP contribution < -0.4 is 5.32 Å². The Kier molecular flexibility index (Phi) is 4.67. The lowest BCUT2D eigenvalue weighted by atomic mass is 9.99. The fourth-order valence-corrected chi connectivity index (χ4v) is 2.25. The molecule has 1 heterocycles. The number of nitrogens with one attached hydrogen (secondary N) is 2. The number of aromatic amines is 1. The number of hydrogen-bond acceptors (Lipinski definition) is 5. The van der Waals surface area contributed by atoms with Gasteiger partial charge in [0.05, 0.1) is 0 Å². The van der Waals surface area contributed by atoms with E-state index in [0.717, 1.165) is 18.5 Å². The van der Waals surface area contributed by atoms with Crippen LogP contribution in [-0.2, 0) is 12.8 Å². The third kappa shape index (κ3) is 3.26. The predicted octanol–water partition coefficient (Wildman–Crippen LogP) is 2.61. The SMILES string of the molecule is CCc1cc(C)cc(CC)c1NC=C(C#N)c1nn[nH]n1. The topological polar surface area (TPSA) is 90.3 Å². The molecule has 2 rings (SSSR count). The van der Waals surface area contributed by atoms with Gasteiger partial charge in [-0.1, -0.05) is 31.5 Å². The Bertz CT molecular complexity index is 654. The monoisotopic (exact) mass is 282 g/mol. The summed E-state index contributed by atoms with van der Waals surface area (Å²) in [5.74, 6) is 0.285. The molecule has 0 aliphatic rings. The minimum Gasteiger partial charge on any atom is -0.360 e. The predicted molar refractivity (Wildman–Crippen MR) is 81.3 cm³/mol. The molecule has 0 saturated carbocycles. The molecule has 21 heavy (non-hydrogen) atoms. The second-order valence-electron chi connectivity index (χ2n) is 4.71. The standard InChI is InChI=1S/C15H18N6/c1-4-11-6-10(3)7-12(5-2)14(11)17-9-13(8-16)15-18-20-21-19-15/h6-7,9,17H,4-5H2,1-3H3,(H,18,19,20,21). The second-order valence-corrected chi connectivity index (χ2v) is 4.71. The van der Waals surface area contributed by atoms with Gasteiger partial charge in [-0.25, -0.2) is 0 Å². The first-order chi connectivity index (χ1) is 10.2. The van der Waals surface area contributed by atoms with Crippen LogP contribution in [0, 0.1) is 18.3 Å². The molecule has 0 amide bonds. The van der Waals surface area contributed by atoms with Crippen molar-refractivity contribution in [2.75, 3.05) is 5.32 Å². The maximum atomic E-state index is 9.19. The van der Waals surface area contributed by atoms with Crippen molar-refractivity contribution in [2.45, 2.75) is 33.6 Å². The van der Waals surface area contributed by atoms with Crippen molar-refractivity contribution in [3.63, 3.8) is 0 Å². The van der Waals surface area contributed by atoms with Gasteiger partial charge < -0.3 is 5.32 Å². The number of benzene rings is 1. The van der Waals surface area contributed by atoms with Crippen LogP contribution in [0.2, 0.25) is 0 Å². The van der Waals surface area contributed by atoms with Crippen LogP contribution in [0.15, 0.2) is 18.3 Å². The molecular formula is C15H18N6. The normalized spacial score (nSPS) is 11.2. The van der Waals surface area contributed by atoms with E-state index in [-0.39, 0.29) is 5.82 Å². The summed E-state index contributed by atoms with van der Waals surface area (Å²) >= 11 is 0. The zero-order chi connectivity index (χ0) is 15.2. The minimum atomic E-state index is 0.285. The van der Waals surface area contributed by atoms with E-state index in [4.69, 9.17) is 0 Å². The van der Waals surface area contributed by atoms with Crippen molar-refractivity contribution in [1.29, 1.82) is 5.26 Å². The van der Waals surface area contributed by atoms with E-state index in [0.29, 0.717) is 5.57 Å². The zero-order valence-electron chi connectivity index (χ0n) is 12.4. The van der Waals surface area contributed by atoms with Crippen molar-refractivity contribution in [3.05, 3.63) is 40.8 Å². The Morgan fingerprint density at radius 1 is 1.33 bits per heavy atom. The lowest BCUT2D eigenvalue weighted by Crippen LogP contribution is -2.01. The number of anilines is 1. The number of hydrogen-bond donors (Lipinski definition) is 2. The van der Waals surface area contributed by atoms with Gasteiger partial charge in [0.2, 0.25) is 5.82 Å². The quantitative estimate of drug-likeness (QED) is 0.823. The van der Waals surface area contributed by atoms with E-state index in [1.807, 2.05) is 0 Å². The van der Waals surface area contributed by atoms with Crippen LogP contribution in [0.4, 0.5) is 5.69 Å². The van der Waals surface area contributed by atoms with E-state index in [2.05, 4.69) is 64.9 Å². The number of tetrazole rings is 1. The molecule has 2 N–H and O–H groups in total. The molecular weight excluding hydrogens is 264 g/mol. The molecule has 1 aromatic heterocycles. The summed E-state index contributed by atoms with van der Waals surface area (Å²) in [4.78, 5) is 0. The fraction of sp³-hybridized carbons (Fsp3) is 0.333. The van der Waals surface area contributed by atoms with Gasteiger partial charge in [-0.3, -0.25) is 0 Å². The Morgan fingerprint density at radius 2 is 2.00 bits per heavy atom. The molecule has 0 aliphatic heterocycles. The average Bonchev–Trinajstić information content (AvgIpc) is 3.02. The van der Waals surface area contributed by atoms with E-state index in [9.17, 15) is 5.26 Å². The molecule has 0 unspecified atom stereocenters.